The van der Waals surface area contributed by atoms with Gasteiger partial charge in [-0.1, -0.05) is 49.4 Å². The second kappa shape index (κ2) is 7.18. The SMILES string of the molecule is Cc1[nH]nc(NC(=O)CCC2CCCC2)c1-c1cccc(Cl)c1. The molecule has 1 aliphatic carbocycles. The maximum Gasteiger partial charge on any atom is 0.225 e. The van der Waals surface area contributed by atoms with Gasteiger partial charge in [0, 0.05) is 22.7 Å². The first kappa shape index (κ1) is 16.1. The number of halogens is 1. The maximum absolute atomic E-state index is 12.2. The third kappa shape index (κ3) is 3.94. The zero-order chi connectivity index (χ0) is 16.2. The van der Waals surface area contributed by atoms with Gasteiger partial charge in [0.05, 0.1) is 0 Å². The number of nitrogens with zero attached hydrogens (tertiary/aromatic N) is 1. The standard InChI is InChI=1S/C18H22ClN3O/c1-12-17(14-7-4-8-15(19)11-14)18(22-21-12)20-16(23)10-9-13-5-2-3-6-13/h4,7-8,11,13H,2-3,5-6,9-10H2,1H3,(H2,20,21,22,23). The Bertz CT molecular complexity index is 689. The molecule has 1 fully saturated rings. The number of nitrogens with one attached hydrogen (secondary N) is 2. The predicted molar refractivity (Wildman–Crippen MR) is 93.6 cm³/mol. The molecule has 5 heteroatoms. The van der Waals surface area contributed by atoms with E-state index < -0.39 is 0 Å². The van der Waals surface area contributed by atoms with Gasteiger partial charge in [0.2, 0.25) is 5.91 Å². The number of aromatic nitrogens is 2. The molecule has 1 saturated carbocycles. The van der Waals surface area contributed by atoms with Gasteiger partial charge in [0.1, 0.15) is 0 Å². The number of amides is 1. The molecule has 122 valence electrons. The van der Waals surface area contributed by atoms with E-state index >= 15 is 0 Å². The third-order valence-electron chi connectivity index (χ3n) is 4.57. The van der Waals surface area contributed by atoms with Crippen LogP contribution in [0.1, 0.15) is 44.2 Å². The van der Waals surface area contributed by atoms with Crippen LogP contribution in [0.15, 0.2) is 24.3 Å². The summed E-state index contributed by atoms with van der Waals surface area (Å²) in [4.78, 5) is 12.2. The Hall–Kier alpha value is -1.81. The van der Waals surface area contributed by atoms with Crippen LogP contribution in [0.5, 0.6) is 0 Å². The molecule has 4 nitrogen and oxygen atoms in total. The molecule has 0 unspecified atom stereocenters. The Morgan fingerprint density at radius 2 is 2.17 bits per heavy atom. The van der Waals surface area contributed by atoms with Gasteiger partial charge in [0.15, 0.2) is 5.82 Å². The molecule has 0 saturated heterocycles. The molecule has 1 aliphatic rings. The summed E-state index contributed by atoms with van der Waals surface area (Å²) in [6.07, 6.45) is 6.69. The van der Waals surface area contributed by atoms with Crippen LogP contribution in [0.3, 0.4) is 0 Å². The average molecular weight is 332 g/mol. The number of anilines is 1. The highest BCUT2D eigenvalue weighted by Crippen LogP contribution is 2.32. The van der Waals surface area contributed by atoms with Crippen LogP contribution in [-0.4, -0.2) is 16.1 Å². The van der Waals surface area contributed by atoms with E-state index in [4.69, 9.17) is 11.6 Å². The van der Waals surface area contributed by atoms with Crippen molar-refractivity contribution in [2.24, 2.45) is 5.92 Å². The second-order valence-corrected chi connectivity index (χ2v) is 6.76. The summed E-state index contributed by atoms with van der Waals surface area (Å²) in [5.41, 5.74) is 2.77. The van der Waals surface area contributed by atoms with Crippen molar-refractivity contribution >= 4 is 23.3 Å². The van der Waals surface area contributed by atoms with Gasteiger partial charge >= 0.3 is 0 Å². The van der Waals surface area contributed by atoms with Crippen molar-refractivity contribution in [3.05, 3.63) is 35.0 Å². The van der Waals surface area contributed by atoms with E-state index in [-0.39, 0.29) is 5.91 Å². The first-order valence-electron chi connectivity index (χ1n) is 8.24. The molecule has 0 radical (unpaired) electrons. The smallest absolute Gasteiger partial charge is 0.225 e. The third-order valence-corrected chi connectivity index (χ3v) is 4.81. The summed E-state index contributed by atoms with van der Waals surface area (Å²) in [5, 5.41) is 10.8. The molecule has 0 bridgehead atoms. The number of H-pyrrole nitrogens is 1. The minimum atomic E-state index is 0.0340. The molecule has 1 aromatic carbocycles. The van der Waals surface area contributed by atoms with Crippen LogP contribution < -0.4 is 5.32 Å². The topological polar surface area (TPSA) is 57.8 Å². The number of carbonyl (C=O) groups is 1. The van der Waals surface area contributed by atoms with Gasteiger partial charge in [-0.05, 0) is 37.0 Å². The van der Waals surface area contributed by atoms with Crippen molar-refractivity contribution in [2.75, 3.05) is 5.32 Å². The van der Waals surface area contributed by atoms with Gasteiger partial charge in [-0.2, -0.15) is 5.10 Å². The van der Waals surface area contributed by atoms with Crippen LogP contribution in [0.4, 0.5) is 5.82 Å². The highest BCUT2D eigenvalue weighted by molar-refractivity contribution is 6.30. The molecule has 2 aromatic rings. The normalized spacial score (nSPS) is 15.0. The molecule has 0 spiro atoms. The first-order valence-corrected chi connectivity index (χ1v) is 8.62. The van der Waals surface area contributed by atoms with Crippen molar-refractivity contribution in [1.82, 2.24) is 10.2 Å². The van der Waals surface area contributed by atoms with Gasteiger partial charge in [0.25, 0.3) is 0 Å². The Labute approximate surface area is 141 Å². The van der Waals surface area contributed by atoms with Gasteiger partial charge in [-0.3, -0.25) is 9.89 Å². The lowest BCUT2D eigenvalue weighted by Crippen LogP contribution is -2.13. The minimum absolute atomic E-state index is 0.0340. The molecule has 23 heavy (non-hydrogen) atoms. The molecule has 0 atom stereocenters. The molecule has 1 amide bonds. The van der Waals surface area contributed by atoms with Crippen LogP contribution >= 0.6 is 11.6 Å². The molecule has 3 rings (SSSR count). The van der Waals surface area contributed by atoms with Crippen molar-refractivity contribution in [1.29, 1.82) is 0 Å². The Kier molecular flexibility index (Phi) is 5.01. The van der Waals surface area contributed by atoms with Crippen molar-refractivity contribution in [2.45, 2.75) is 45.4 Å². The number of hydrogen-bond donors (Lipinski definition) is 2. The number of aromatic amines is 1. The first-order chi connectivity index (χ1) is 11.1. The summed E-state index contributed by atoms with van der Waals surface area (Å²) in [6, 6.07) is 7.58. The predicted octanol–water partition coefficient (Wildman–Crippen LogP) is 4.95. The number of hydrogen-bond acceptors (Lipinski definition) is 2. The zero-order valence-electron chi connectivity index (χ0n) is 13.4. The summed E-state index contributed by atoms with van der Waals surface area (Å²) < 4.78 is 0. The maximum atomic E-state index is 12.2. The van der Waals surface area contributed by atoms with E-state index in [2.05, 4.69) is 15.5 Å². The second-order valence-electron chi connectivity index (χ2n) is 6.32. The number of rotatable bonds is 5. The summed E-state index contributed by atoms with van der Waals surface area (Å²) in [6.45, 7) is 1.94. The minimum Gasteiger partial charge on any atom is -0.309 e. The van der Waals surface area contributed by atoms with Crippen molar-refractivity contribution in [3.8, 4) is 11.1 Å². The van der Waals surface area contributed by atoms with Crippen molar-refractivity contribution < 1.29 is 4.79 Å². The molecule has 1 aromatic heterocycles. The fourth-order valence-electron chi connectivity index (χ4n) is 3.35. The van der Waals surface area contributed by atoms with Gasteiger partial charge in [-0.15, -0.1) is 0 Å². The fourth-order valence-corrected chi connectivity index (χ4v) is 3.54. The fraction of sp³-hybridized carbons (Fsp3) is 0.444. The zero-order valence-corrected chi connectivity index (χ0v) is 14.1. The van der Waals surface area contributed by atoms with E-state index in [0.29, 0.717) is 23.2 Å². The van der Waals surface area contributed by atoms with Crippen molar-refractivity contribution in [3.63, 3.8) is 0 Å². The molecule has 0 aliphatic heterocycles. The number of carbonyl (C=O) groups excluding carboxylic acids is 1. The van der Waals surface area contributed by atoms with Gasteiger partial charge in [-0.25, -0.2) is 0 Å². The monoisotopic (exact) mass is 331 g/mol. The number of benzene rings is 1. The molecule has 1 heterocycles. The van der Waals surface area contributed by atoms with E-state index in [1.54, 1.807) is 0 Å². The Balaban J connectivity index is 1.69. The highest BCUT2D eigenvalue weighted by atomic mass is 35.5. The Morgan fingerprint density at radius 1 is 1.39 bits per heavy atom. The number of aryl methyl sites for hydroxylation is 1. The van der Waals surface area contributed by atoms with E-state index in [9.17, 15) is 4.79 Å². The van der Waals surface area contributed by atoms with Gasteiger partial charge < -0.3 is 5.32 Å². The molecular weight excluding hydrogens is 310 g/mol. The average Bonchev–Trinajstić information content (AvgIpc) is 3.15. The lowest BCUT2D eigenvalue weighted by Gasteiger charge is -2.09. The van der Waals surface area contributed by atoms with E-state index in [1.165, 1.54) is 25.7 Å². The largest absolute Gasteiger partial charge is 0.309 e. The van der Waals surface area contributed by atoms with Crippen LogP contribution in [-0.2, 0) is 4.79 Å². The lowest BCUT2D eigenvalue weighted by atomic mass is 10.0. The quantitative estimate of drug-likeness (QED) is 0.814. The summed E-state index contributed by atoms with van der Waals surface area (Å²) in [7, 11) is 0. The molecule has 2 N–H and O–H groups in total. The Morgan fingerprint density at radius 3 is 2.91 bits per heavy atom. The van der Waals surface area contributed by atoms with E-state index in [1.807, 2.05) is 31.2 Å². The highest BCUT2D eigenvalue weighted by Gasteiger charge is 2.18. The molecular formula is C18H22ClN3O. The summed E-state index contributed by atoms with van der Waals surface area (Å²) in [5.74, 6) is 1.34. The lowest BCUT2D eigenvalue weighted by molar-refractivity contribution is -0.116. The van der Waals surface area contributed by atoms with E-state index in [0.717, 1.165) is 23.2 Å². The van der Waals surface area contributed by atoms with Crippen LogP contribution in [0, 0.1) is 12.8 Å². The summed E-state index contributed by atoms with van der Waals surface area (Å²) >= 11 is 6.08. The van der Waals surface area contributed by atoms with Crippen LogP contribution in [0.25, 0.3) is 11.1 Å². The van der Waals surface area contributed by atoms with Crippen LogP contribution in [0.2, 0.25) is 5.02 Å².